The molecular formula is C5H10NO5S-. The summed E-state index contributed by atoms with van der Waals surface area (Å²) in [5.41, 5.74) is 0. The molecule has 0 heterocycles. The molecule has 0 radical (unpaired) electrons. The van der Waals surface area contributed by atoms with Crippen molar-refractivity contribution in [2.75, 3.05) is 12.3 Å². The normalized spacial score (nSPS) is 11.2. The second-order valence-electron chi connectivity index (χ2n) is 2.26. The number of rotatable bonds is 4. The van der Waals surface area contributed by atoms with Crippen LogP contribution in [-0.4, -0.2) is 41.4 Å². The van der Waals surface area contributed by atoms with Crippen LogP contribution >= 0.6 is 0 Å². The van der Waals surface area contributed by atoms with Crippen LogP contribution in [-0.2, 0) is 14.9 Å². The Labute approximate surface area is 70.5 Å². The fourth-order valence-corrected chi connectivity index (χ4v) is 1.03. The highest BCUT2D eigenvalue weighted by Gasteiger charge is 2.04. The zero-order valence-corrected chi connectivity index (χ0v) is 7.37. The van der Waals surface area contributed by atoms with Gasteiger partial charge in [0.2, 0.25) is 5.91 Å². The largest absolute Gasteiger partial charge is 0.748 e. The molecule has 12 heavy (non-hydrogen) atoms. The second-order valence-corrected chi connectivity index (χ2v) is 3.78. The molecule has 0 spiro atoms. The fraction of sp³-hybridized carbons (Fsp3) is 0.800. The molecule has 1 amide bonds. The number of carbonyl (C=O) groups excluding carboxylic acids is 1. The minimum atomic E-state index is -4.24. The Kier molecular flexibility index (Phi) is 4.15. The van der Waals surface area contributed by atoms with Crippen LogP contribution in [0.25, 0.3) is 0 Å². The lowest BCUT2D eigenvalue weighted by Crippen LogP contribution is -2.27. The Morgan fingerprint density at radius 3 is 2.42 bits per heavy atom. The predicted octanol–water partition coefficient (Wildman–Crippen LogP) is -0.841. The molecule has 72 valence electrons. The Hall–Kier alpha value is -0.660. The van der Waals surface area contributed by atoms with Crippen LogP contribution < -0.4 is 0 Å². The van der Waals surface area contributed by atoms with Gasteiger partial charge < -0.3 is 4.55 Å². The molecule has 0 unspecified atom stereocenters. The Bertz CT molecular complexity index is 247. The van der Waals surface area contributed by atoms with Crippen LogP contribution in [0.3, 0.4) is 0 Å². The third kappa shape index (κ3) is 6.08. The summed E-state index contributed by atoms with van der Waals surface area (Å²) in [5.74, 6) is -1.16. The molecule has 6 nitrogen and oxygen atoms in total. The zero-order chi connectivity index (χ0) is 9.78. The lowest BCUT2D eigenvalue weighted by atomic mass is 10.4. The molecule has 0 bridgehead atoms. The number of hydroxylamine groups is 2. The number of hydrogen-bond acceptors (Lipinski definition) is 5. The van der Waals surface area contributed by atoms with E-state index in [4.69, 9.17) is 5.21 Å². The molecule has 0 aromatic heterocycles. The van der Waals surface area contributed by atoms with Gasteiger partial charge in [-0.2, -0.15) is 0 Å². The first-order chi connectivity index (χ1) is 5.33. The number of amides is 1. The van der Waals surface area contributed by atoms with E-state index in [2.05, 4.69) is 0 Å². The third-order valence-electron chi connectivity index (χ3n) is 1.13. The Balaban J connectivity index is 3.65. The lowest BCUT2D eigenvalue weighted by molar-refractivity contribution is -0.162. The van der Waals surface area contributed by atoms with Crippen molar-refractivity contribution in [2.24, 2.45) is 0 Å². The van der Waals surface area contributed by atoms with E-state index in [0.29, 0.717) is 5.06 Å². The van der Waals surface area contributed by atoms with E-state index in [-0.39, 0.29) is 13.0 Å². The van der Waals surface area contributed by atoms with E-state index in [1.165, 1.54) is 0 Å². The van der Waals surface area contributed by atoms with Crippen molar-refractivity contribution in [2.45, 2.75) is 13.3 Å². The van der Waals surface area contributed by atoms with E-state index in [1.54, 1.807) is 0 Å². The summed E-state index contributed by atoms with van der Waals surface area (Å²) in [6, 6.07) is 0. The molecule has 1 N–H and O–H groups in total. The van der Waals surface area contributed by atoms with Crippen molar-refractivity contribution in [3.63, 3.8) is 0 Å². The molecule has 7 heteroatoms. The molecule has 0 atom stereocenters. The molecule has 0 saturated heterocycles. The summed E-state index contributed by atoms with van der Waals surface area (Å²) >= 11 is 0. The first-order valence-electron chi connectivity index (χ1n) is 3.23. The number of nitrogens with zero attached hydrogens (tertiary/aromatic N) is 1. The Morgan fingerprint density at radius 1 is 1.58 bits per heavy atom. The van der Waals surface area contributed by atoms with E-state index in [0.717, 1.165) is 6.92 Å². The highest BCUT2D eigenvalue weighted by atomic mass is 32.2. The van der Waals surface area contributed by atoms with Gasteiger partial charge in [0.1, 0.15) is 0 Å². The van der Waals surface area contributed by atoms with Crippen molar-refractivity contribution in [3.8, 4) is 0 Å². The van der Waals surface area contributed by atoms with Gasteiger partial charge in [-0.3, -0.25) is 10.0 Å². The standard InChI is InChI=1S/C5H11NO5S/c1-5(7)6(8)3-2-4-12(9,10)11/h8H,2-4H2,1H3,(H,9,10,11)/p-1. The van der Waals surface area contributed by atoms with E-state index >= 15 is 0 Å². The van der Waals surface area contributed by atoms with Gasteiger partial charge >= 0.3 is 0 Å². The number of hydrogen-bond donors (Lipinski definition) is 1. The van der Waals surface area contributed by atoms with E-state index in [1.807, 2.05) is 0 Å². The maximum atomic E-state index is 10.3. The monoisotopic (exact) mass is 196 g/mol. The van der Waals surface area contributed by atoms with Crippen molar-refractivity contribution in [1.82, 2.24) is 5.06 Å². The summed E-state index contributed by atoms with van der Waals surface area (Å²) < 4.78 is 30.1. The van der Waals surface area contributed by atoms with Gasteiger partial charge in [0, 0.05) is 19.2 Å². The maximum Gasteiger partial charge on any atom is 0.242 e. The van der Waals surface area contributed by atoms with Gasteiger partial charge in [0.15, 0.2) is 0 Å². The van der Waals surface area contributed by atoms with Crippen LogP contribution in [0.5, 0.6) is 0 Å². The third-order valence-corrected chi connectivity index (χ3v) is 1.92. The van der Waals surface area contributed by atoms with Crippen LogP contribution in [0.1, 0.15) is 13.3 Å². The topological polar surface area (TPSA) is 97.7 Å². The zero-order valence-electron chi connectivity index (χ0n) is 6.56. The van der Waals surface area contributed by atoms with Crippen molar-refractivity contribution in [3.05, 3.63) is 0 Å². The predicted molar refractivity (Wildman–Crippen MR) is 38.4 cm³/mol. The van der Waals surface area contributed by atoms with Gasteiger partial charge in [-0.25, -0.2) is 13.5 Å². The van der Waals surface area contributed by atoms with Crippen molar-refractivity contribution < 1.29 is 23.0 Å². The van der Waals surface area contributed by atoms with Gasteiger partial charge in [0.05, 0.1) is 10.1 Å². The summed E-state index contributed by atoms with van der Waals surface area (Å²) in [5, 5.41) is 9.08. The van der Waals surface area contributed by atoms with Gasteiger partial charge in [-0.15, -0.1) is 0 Å². The molecule has 0 aromatic carbocycles. The molecule has 0 aliphatic rings. The highest BCUT2D eigenvalue weighted by Crippen LogP contribution is 1.91. The van der Waals surface area contributed by atoms with Gasteiger partial charge in [-0.05, 0) is 6.42 Å². The second kappa shape index (κ2) is 4.39. The minimum Gasteiger partial charge on any atom is -0.748 e. The Morgan fingerprint density at radius 2 is 2.08 bits per heavy atom. The van der Waals surface area contributed by atoms with Gasteiger partial charge in [-0.1, -0.05) is 0 Å². The SMILES string of the molecule is CC(=O)N(O)CCCS(=O)(=O)[O-]. The van der Waals surface area contributed by atoms with Crippen molar-refractivity contribution >= 4 is 16.0 Å². The molecule has 0 saturated carbocycles. The maximum absolute atomic E-state index is 10.3. The summed E-state index contributed by atoms with van der Waals surface area (Å²) in [6.45, 7) is 0.989. The molecule has 0 aromatic rings. The molecule has 0 aliphatic carbocycles. The van der Waals surface area contributed by atoms with Crippen molar-refractivity contribution in [1.29, 1.82) is 0 Å². The summed E-state index contributed by atoms with van der Waals surface area (Å²) in [7, 11) is -4.24. The average molecular weight is 196 g/mol. The molecule has 0 rings (SSSR count). The van der Waals surface area contributed by atoms with Crippen LogP contribution in [0.4, 0.5) is 0 Å². The summed E-state index contributed by atoms with van der Waals surface area (Å²) in [4.78, 5) is 10.3. The first-order valence-corrected chi connectivity index (χ1v) is 4.81. The lowest BCUT2D eigenvalue weighted by Gasteiger charge is -2.12. The van der Waals surface area contributed by atoms with Crippen LogP contribution in [0.15, 0.2) is 0 Å². The molecule has 0 fully saturated rings. The summed E-state index contributed by atoms with van der Waals surface area (Å²) in [6.07, 6.45) is -0.0537. The van der Waals surface area contributed by atoms with E-state index < -0.39 is 21.8 Å². The number of carbonyl (C=O) groups is 1. The van der Waals surface area contributed by atoms with Crippen LogP contribution in [0, 0.1) is 0 Å². The molecular weight excluding hydrogens is 186 g/mol. The first kappa shape index (κ1) is 11.3. The smallest absolute Gasteiger partial charge is 0.242 e. The van der Waals surface area contributed by atoms with Gasteiger partial charge in [0.25, 0.3) is 0 Å². The average Bonchev–Trinajstić information content (AvgIpc) is 1.84. The van der Waals surface area contributed by atoms with E-state index in [9.17, 15) is 17.8 Å². The minimum absolute atomic E-state index is 0.0537. The van der Waals surface area contributed by atoms with Crippen LogP contribution in [0.2, 0.25) is 0 Å². The quantitative estimate of drug-likeness (QED) is 0.359. The highest BCUT2D eigenvalue weighted by molar-refractivity contribution is 7.85. The fourth-order valence-electron chi connectivity index (χ4n) is 0.549. The molecule has 0 aliphatic heterocycles.